The lowest BCUT2D eigenvalue weighted by Crippen LogP contribution is -2.64. The van der Waals surface area contributed by atoms with Crippen molar-refractivity contribution >= 4 is 11.7 Å². The predicted octanol–water partition coefficient (Wildman–Crippen LogP) is 2.78. The molecule has 0 spiro atoms. The number of fused-ring (bicyclic) bond motifs is 3. The molecule has 6 nitrogen and oxygen atoms in total. The predicted molar refractivity (Wildman–Crippen MR) is 103 cm³/mol. The van der Waals surface area contributed by atoms with Gasteiger partial charge in [-0.05, 0) is 62.0 Å². The summed E-state index contributed by atoms with van der Waals surface area (Å²) in [4.78, 5) is 19.4. The summed E-state index contributed by atoms with van der Waals surface area (Å²) in [6.45, 7) is 2.18. The van der Waals surface area contributed by atoms with Crippen molar-refractivity contribution in [1.29, 1.82) is 5.26 Å². The first kappa shape index (κ1) is 17.5. The monoisotopic (exact) mass is 361 g/mol. The molecule has 5 rings (SSSR count). The molecular weight excluding hydrogens is 338 g/mol. The van der Waals surface area contributed by atoms with E-state index >= 15 is 0 Å². The number of hydrogen-bond donors (Lipinski definition) is 2. The van der Waals surface area contributed by atoms with Crippen LogP contribution in [-0.2, 0) is 6.42 Å². The van der Waals surface area contributed by atoms with Crippen LogP contribution in [0.2, 0.25) is 0 Å². The molecule has 3 aliphatic rings. The number of rotatable bonds is 4. The highest BCUT2D eigenvalue weighted by atomic mass is 16.2. The molecule has 0 aliphatic carbocycles. The molecule has 0 unspecified atom stereocenters. The molecule has 6 heteroatoms. The third-order valence-corrected chi connectivity index (χ3v) is 5.73. The quantitative estimate of drug-likeness (QED) is 0.877. The van der Waals surface area contributed by atoms with Crippen molar-refractivity contribution in [2.24, 2.45) is 5.92 Å². The van der Waals surface area contributed by atoms with E-state index < -0.39 is 0 Å². The van der Waals surface area contributed by atoms with Gasteiger partial charge in [0.1, 0.15) is 6.07 Å². The molecule has 0 saturated carbocycles. The first-order chi connectivity index (χ1) is 13.2. The van der Waals surface area contributed by atoms with Crippen LogP contribution >= 0.6 is 0 Å². The molecule has 2 bridgehead atoms. The second kappa shape index (κ2) is 7.77. The first-order valence-electron chi connectivity index (χ1n) is 9.44. The van der Waals surface area contributed by atoms with Gasteiger partial charge in [-0.3, -0.25) is 9.88 Å². The Hall–Kier alpha value is -2.91. The molecule has 1 aromatic heterocycles. The second-order valence-electron chi connectivity index (χ2n) is 7.29. The van der Waals surface area contributed by atoms with E-state index in [1.807, 2.05) is 18.3 Å². The number of nitrogens with one attached hydrogen (secondary N) is 2. The maximum absolute atomic E-state index is 12.7. The number of carbonyl (C=O) groups excluding carboxylic acids is 1. The number of nitriles is 1. The minimum Gasteiger partial charge on any atom is -0.333 e. The highest BCUT2D eigenvalue weighted by Crippen LogP contribution is 2.34. The molecule has 1 aromatic carbocycles. The molecule has 3 saturated heterocycles. The van der Waals surface area contributed by atoms with Crippen molar-refractivity contribution < 1.29 is 4.79 Å². The average molecular weight is 361 g/mol. The van der Waals surface area contributed by atoms with Gasteiger partial charge in [-0.2, -0.15) is 5.26 Å². The number of amides is 2. The highest BCUT2D eigenvalue weighted by molar-refractivity contribution is 5.91. The van der Waals surface area contributed by atoms with Crippen LogP contribution in [0.25, 0.3) is 0 Å². The Labute approximate surface area is 159 Å². The molecule has 2 N–H and O–H groups in total. The summed E-state index contributed by atoms with van der Waals surface area (Å²) in [7, 11) is 0. The van der Waals surface area contributed by atoms with Crippen molar-refractivity contribution in [1.82, 2.24) is 15.2 Å². The van der Waals surface area contributed by atoms with Gasteiger partial charge >= 0.3 is 6.03 Å². The molecular formula is C21H23N5O. The van der Waals surface area contributed by atoms with E-state index in [1.54, 1.807) is 24.4 Å². The summed E-state index contributed by atoms with van der Waals surface area (Å²) < 4.78 is 0. The van der Waals surface area contributed by atoms with Gasteiger partial charge in [-0.25, -0.2) is 4.79 Å². The Balaban J connectivity index is 1.48. The van der Waals surface area contributed by atoms with Gasteiger partial charge in [0.05, 0.1) is 11.3 Å². The number of benzene rings is 1. The summed E-state index contributed by atoms with van der Waals surface area (Å²) >= 11 is 0. The molecule has 2 amide bonds. The standard InChI is InChI=1S/C21H23N5O/c22-13-17-5-1-2-6-18(17)24-21(27)25-20-16-7-10-26(11-8-16)19(20)12-15-4-3-9-23-14-15/h1-6,9,14,16,19-20H,7-8,10-12H2,(H2,24,25,27)/t19-,20-/m1/s1. The average Bonchev–Trinajstić information content (AvgIpc) is 2.71. The number of anilines is 1. The number of para-hydroxylation sites is 1. The molecule has 2 aromatic rings. The summed E-state index contributed by atoms with van der Waals surface area (Å²) in [5, 5.41) is 15.3. The fraction of sp³-hybridized carbons (Fsp3) is 0.381. The second-order valence-corrected chi connectivity index (χ2v) is 7.29. The molecule has 3 aliphatic heterocycles. The van der Waals surface area contributed by atoms with Crippen molar-refractivity contribution in [2.45, 2.75) is 31.3 Å². The lowest BCUT2D eigenvalue weighted by molar-refractivity contribution is 0.0184. The normalized spacial score (nSPS) is 26.2. The zero-order valence-corrected chi connectivity index (χ0v) is 15.1. The Morgan fingerprint density at radius 2 is 2.04 bits per heavy atom. The molecule has 2 atom stereocenters. The zero-order valence-electron chi connectivity index (χ0n) is 15.1. The number of pyridine rings is 1. The number of nitrogens with zero attached hydrogens (tertiary/aromatic N) is 3. The van der Waals surface area contributed by atoms with E-state index in [1.165, 1.54) is 5.56 Å². The fourth-order valence-corrected chi connectivity index (χ4v) is 4.38. The van der Waals surface area contributed by atoms with E-state index in [0.717, 1.165) is 32.4 Å². The van der Waals surface area contributed by atoms with Gasteiger partial charge in [-0.15, -0.1) is 0 Å². The van der Waals surface area contributed by atoms with Crippen LogP contribution < -0.4 is 10.6 Å². The Morgan fingerprint density at radius 3 is 2.78 bits per heavy atom. The van der Waals surface area contributed by atoms with Crippen LogP contribution in [0, 0.1) is 17.2 Å². The van der Waals surface area contributed by atoms with Crippen LogP contribution in [0.15, 0.2) is 48.8 Å². The van der Waals surface area contributed by atoms with Crippen molar-refractivity contribution in [2.75, 3.05) is 18.4 Å². The molecule has 3 fully saturated rings. The van der Waals surface area contributed by atoms with Crippen molar-refractivity contribution in [3.8, 4) is 6.07 Å². The number of hydrogen-bond acceptors (Lipinski definition) is 4. The van der Waals surface area contributed by atoms with E-state index in [2.05, 4.69) is 32.7 Å². The molecule has 138 valence electrons. The van der Waals surface area contributed by atoms with Crippen LogP contribution in [0.5, 0.6) is 0 Å². The number of aromatic nitrogens is 1. The third kappa shape index (κ3) is 3.79. The van der Waals surface area contributed by atoms with E-state index in [-0.39, 0.29) is 18.1 Å². The summed E-state index contributed by atoms with van der Waals surface area (Å²) in [5.41, 5.74) is 2.20. The number of piperidine rings is 3. The van der Waals surface area contributed by atoms with Gasteiger partial charge in [0, 0.05) is 24.5 Å². The lowest BCUT2D eigenvalue weighted by Gasteiger charge is -2.51. The molecule has 4 heterocycles. The van der Waals surface area contributed by atoms with Crippen molar-refractivity contribution in [3.05, 3.63) is 59.9 Å². The van der Waals surface area contributed by atoms with Crippen LogP contribution in [0.1, 0.15) is 24.0 Å². The summed E-state index contributed by atoms with van der Waals surface area (Å²) in [6, 6.07) is 13.4. The lowest BCUT2D eigenvalue weighted by atomic mass is 9.77. The topological polar surface area (TPSA) is 81.0 Å². The van der Waals surface area contributed by atoms with Gasteiger partial charge in [0.2, 0.25) is 0 Å². The number of urea groups is 1. The summed E-state index contributed by atoms with van der Waals surface area (Å²) in [6.07, 6.45) is 6.80. The van der Waals surface area contributed by atoms with Crippen LogP contribution in [-0.4, -0.2) is 41.1 Å². The van der Waals surface area contributed by atoms with Gasteiger partial charge in [0.25, 0.3) is 0 Å². The van der Waals surface area contributed by atoms with E-state index in [0.29, 0.717) is 17.2 Å². The van der Waals surface area contributed by atoms with E-state index in [4.69, 9.17) is 0 Å². The zero-order chi connectivity index (χ0) is 18.6. The smallest absolute Gasteiger partial charge is 0.319 e. The maximum atomic E-state index is 12.7. The minimum atomic E-state index is -0.243. The number of carbonyl (C=O) groups is 1. The largest absolute Gasteiger partial charge is 0.333 e. The Bertz CT molecular complexity index is 839. The highest BCUT2D eigenvalue weighted by Gasteiger charge is 2.42. The van der Waals surface area contributed by atoms with Gasteiger partial charge in [-0.1, -0.05) is 18.2 Å². The summed E-state index contributed by atoms with van der Waals surface area (Å²) in [5.74, 6) is 0.494. The maximum Gasteiger partial charge on any atom is 0.319 e. The SMILES string of the molecule is N#Cc1ccccc1NC(=O)N[C@@H]1C2CCN(CC2)[C@@H]1Cc1cccnc1. The Morgan fingerprint density at radius 1 is 1.22 bits per heavy atom. The van der Waals surface area contributed by atoms with Crippen molar-refractivity contribution in [3.63, 3.8) is 0 Å². The van der Waals surface area contributed by atoms with Crippen LogP contribution in [0.3, 0.4) is 0 Å². The third-order valence-electron chi connectivity index (χ3n) is 5.73. The Kier molecular flexibility index (Phi) is 5.03. The van der Waals surface area contributed by atoms with Crippen LogP contribution in [0.4, 0.5) is 10.5 Å². The molecule has 27 heavy (non-hydrogen) atoms. The first-order valence-corrected chi connectivity index (χ1v) is 9.44. The fourth-order valence-electron chi connectivity index (χ4n) is 4.38. The van der Waals surface area contributed by atoms with Gasteiger partial charge in [0.15, 0.2) is 0 Å². The van der Waals surface area contributed by atoms with E-state index in [9.17, 15) is 10.1 Å². The molecule has 0 radical (unpaired) electrons. The minimum absolute atomic E-state index is 0.0990. The van der Waals surface area contributed by atoms with Gasteiger partial charge < -0.3 is 10.6 Å².